The van der Waals surface area contributed by atoms with Crippen LogP contribution in [-0.2, 0) is 20.7 Å². The molecule has 2 aliphatic rings. The number of carbonyl (C=O) groups is 3. The normalized spacial score (nSPS) is 18.6. The zero-order valence-corrected chi connectivity index (χ0v) is 31.2. The second-order valence-corrected chi connectivity index (χ2v) is 15.4. The van der Waals surface area contributed by atoms with Crippen LogP contribution < -0.4 is 15.5 Å². The number of benzene rings is 2. The largest absolute Gasteiger partial charge is 0.444 e. The zero-order valence-electron chi connectivity index (χ0n) is 31.2. The van der Waals surface area contributed by atoms with E-state index in [9.17, 15) is 14.4 Å². The van der Waals surface area contributed by atoms with E-state index in [0.29, 0.717) is 24.5 Å². The third-order valence-corrected chi connectivity index (χ3v) is 10.2. The molecule has 1 atom stereocenters. The molecule has 2 aromatic carbocycles. The number of Topliss-reactive ketones (excluding diaryl/α,β-unsaturated/α-hetero) is 1. The SMILES string of the molecule is CN1CCN(c2cc(-c3ccc(C[C@H](CC(=O)C4CCC(CNC(=O)OC(C)(C)C)CC4)C(=O)Nc4ccc(-c5nn[nH]n5)cc4)cc3)ccn2)CC1. The molecule has 0 bridgehead atoms. The van der Waals surface area contributed by atoms with Gasteiger partial charge in [0.1, 0.15) is 17.2 Å². The topological polar surface area (TPSA) is 158 Å². The lowest BCUT2D eigenvalue weighted by molar-refractivity contribution is -0.129. The van der Waals surface area contributed by atoms with E-state index in [1.807, 2.05) is 45.2 Å². The molecule has 1 saturated heterocycles. The number of piperazine rings is 1. The second kappa shape index (κ2) is 17.1. The molecule has 0 spiro atoms. The molecule has 4 aromatic rings. The van der Waals surface area contributed by atoms with Crippen LogP contribution in [0.4, 0.5) is 16.3 Å². The van der Waals surface area contributed by atoms with Crippen LogP contribution in [0.15, 0.2) is 66.9 Å². The highest BCUT2D eigenvalue weighted by atomic mass is 16.6. The van der Waals surface area contributed by atoms with Crippen LogP contribution >= 0.6 is 0 Å². The molecule has 2 aromatic heterocycles. The number of aromatic amines is 1. The van der Waals surface area contributed by atoms with E-state index in [2.05, 4.69) is 83.4 Å². The van der Waals surface area contributed by atoms with Gasteiger partial charge in [-0.1, -0.05) is 24.3 Å². The lowest BCUT2D eigenvalue weighted by Crippen LogP contribution is -2.44. The van der Waals surface area contributed by atoms with Gasteiger partial charge in [-0.3, -0.25) is 9.59 Å². The van der Waals surface area contributed by atoms with E-state index < -0.39 is 17.6 Å². The van der Waals surface area contributed by atoms with E-state index >= 15 is 0 Å². The quantitative estimate of drug-likeness (QED) is 0.164. The molecule has 280 valence electrons. The fraction of sp³-hybridized carbons (Fsp3) is 0.475. The maximum Gasteiger partial charge on any atom is 0.407 e. The summed E-state index contributed by atoms with van der Waals surface area (Å²) in [5.74, 6) is 0.984. The number of tetrazole rings is 1. The number of aromatic nitrogens is 5. The zero-order chi connectivity index (χ0) is 37.4. The number of hydrogen-bond acceptors (Lipinski definition) is 10. The maximum atomic E-state index is 13.9. The molecule has 0 unspecified atom stereocenters. The number of amides is 2. The van der Waals surface area contributed by atoms with Crippen LogP contribution in [0, 0.1) is 17.8 Å². The number of nitrogens with zero attached hydrogens (tertiary/aromatic N) is 6. The van der Waals surface area contributed by atoms with Crippen molar-refractivity contribution in [3.63, 3.8) is 0 Å². The van der Waals surface area contributed by atoms with Gasteiger partial charge in [-0.15, -0.1) is 10.2 Å². The highest BCUT2D eigenvalue weighted by molar-refractivity contribution is 5.96. The monoisotopic (exact) mass is 721 g/mol. The summed E-state index contributed by atoms with van der Waals surface area (Å²) in [5.41, 5.74) is 3.99. The van der Waals surface area contributed by atoms with Crippen molar-refractivity contribution in [1.82, 2.24) is 35.8 Å². The molecule has 13 nitrogen and oxygen atoms in total. The van der Waals surface area contributed by atoms with Gasteiger partial charge in [-0.2, -0.15) is 5.21 Å². The third-order valence-electron chi connectivity index (χ3n) is 10.2. The number of nitrogens with one attached hydrogen (secondary N) is 3. The number of carbonyl (C=O) groups excluding carboxylic acids is 3. The molecular formula is C40H51N9O4. The van der Waals surface area contributed by atoms with Gasteiger partial charge < -0.3 is 25.2 Å². The maximum absolute atomic E-state index is 13.9. The van der Waals surface area contributed by atoms with Crippen molar-refractivity contribution in [2.75, 3.05) is 50.0 Å². The molecule has 3 heterocycles. The van der Waals surface area contributed by atoms with Gasteiger partial charge in [-0.25, -0.2) is 9.78 Å². The number of ketones is 1. The molecule has 0 radical (unpaired) electrons. The van der Waals surface area contributed by atoms with Crippen LogP contribution in [-0.4, -0.2) is 93.7 Å². The van der Waals surface area contributed by atoms with Gasteiger partial charge in [0.15, 0.2) is 0 Å². The number of anilines is 2. The summed E-state index contributed by atoms with van der Waals surface area (Å²) in [6.45, 7) is 9.97. The van der Waals surface area contributed by atoms with E-state index in [-0.39, 0.29) is 29.9 Å². The number of rotatable bonds is 12. The molecular weight excluding hydrogens is 670 g/mol. The lowest BCUT2D eigenvalue weighted by atomic mass is 9.77. The highest BCUT2D eigenvalue weighted by Gasteiger charge is 2.31. The van der Waals surface area contributed by atoms with Crippen molar-refractivity contribution in [2.45, 2.75) is 64.9 Å². The Labute approximate surface area is 311 Å². The first kappa shape index (κ1) is 37.6. The fourth-order valence-corrected chi connectivity index (χ4v) is 7.05. The summed E-state index contributed by atoms with van der Waals surface area (Å²) >= 11 is 0. The molecule has 2 fully saturated rings. The molecule has 1 aliphatic heterocycles. The summed E-state index contributed by atoms with van der Waals surface area (Å²) in [4.78, 5) is 49.1. The summed E-state index contributed by atoms with van der Waals surface area (Å²) in [7, 11) is 2.14. The standard InChI is InChI=1S/C40H51N9O4/c1-40(2,3)53-39(52)42-26-28-7-11-30(12-8-28)35(50)24-33(38(51)43-34-15-13-31(14-16-34)37-44-46-47-45-37)23-27-5-9-29(10-6-27)32-17-18-41-36(25-32)49-21-19-48(4)20-22-49/h5-6,9-10,13-18,25,28,30,33H,7-8,11-12,19-24,26H2,1-4H3,(H,42,52)(H,43,51)(H,44,45,46,47)/t28?,30?,33-/m1/s1. The Hall–Kier alpha value is -5.17. The van der Waals surface area contributed by atoms with Crippen molar-refractivity contribution in [1.29, 1.82) is 0 Å². The van der Waals surface area contributed by atoms with Crippen LogP contribution in [0.2, 0.25) is 0 Å². The van der Waals surface area contributed by atoms with Gasteiger partial charge in [0.2, 0.25) is 11.7 Å². The van der Waals surface area contributed by atoms with Crippen LogP contribution in [0.3, 0.4) is 0 Å². The fourth-order valence-electron chi connectivity index (χ4n) is 7.05. The first-order valence-electron chi connectivity index (χ1n) is 18.6. The predicted molar refractivity (Wildman–Crippen MR) is 204 cm³/mol. The van der Waals surface area contributed by atoms with Crippen molar-refractivity contribution in [3.05, 3.63) is 72.4 Å². The van der Waals surface area contributed by atoms with Crippen molar-refractivity contribution in [2.24, 2.45) is 17.8 Å². The number of hydrogen-bond donors (Lipinski definition) is 3. The van der Waals surface area contributed by atoms with Crippen LogP contribution in [0.1, 0.15) is 58.4 Å². The lowest BCUT2D eigenvalue weighted by Gasteiger charge is -2.33. The van der Waals surface area contributed by atoms with Crippen LogP contribution in [0.25, 0.3) is 22.5 Å². The van der Waals surface area contributed by atoms with Gasteiger partial charge in [0.05, 0.1) is 0 Å². The van der Waals surface area contributed by atoms with Gasteiger partial charge in [0.25, 0.3) is 0 Å². The number of ether oxygens (including phenoxy) is 1. The van der Waals surface area contributed by atoms with Crippen molar-refractivity contribution >= 4 is 29.3 Å². The third kappa shape index (κ3) is 10.7. The molecule has 53 heavy (non-hydrogen) atoms. The summed E-state index contributed by atoms with van der Waals surface area (Å²) in [6.07, 6.45) is 5.17. The first-order chi connectivity index (χ1) is 25.5. The molecule has 2 amide bonds. The Morgan fingerprint density at radius 1 is 0.906 bits per heavy atom. The minimum atomic E-state index is -0.554. The average Bonchev–Trinajstić information content (AvgIpc) is 3.70. The smallest absolute Gasteiger partial charge is 0.407 e. The van der Waals surface area contributed by atoms with E-state index in [1.165, 1.54) is 0 Å². The Bertz CT molecular complexity index is 1810. The average molecular weight is 722 g/mol. The number of alkyl carbamates (subject to hydrolysis) is 1. The summed E-state index contributed by atoms with van der Waals surface area (Å²) < 4.78 is 5.37. The Morgan fingerprint density at radius 2 is 1.60 bits per heavy atom. The molecule has 1 aliphatic carbocycles. The minimum Gasteiger partial charge on any atom is -0.444 e. The Morgan fingerprint density at radius 3 is 2.26 bits per heavy atom. The highest BCUT2D eigenvalue weighted by Crippen LogP contribution is 2.32. The first-order valence-corrected chi connectivity index (χ1v) is 18.6. The molecule has 3 N–H and O–H groups in total. The van der Waals surface area contributed by atoms with Crippen LogP contribution in [0.5, 0.6) is 0 Å². The molecule has 1 saturated carbocycles. The molecule has 6 rings (SSSR count). The van der Waals surface area contributed by atoms with Crippen molar-refractivity contribution < 1.29 is 19.1 Å². The van der Waals surface area contributed by atoms with E-state index in [1.54, 1.807) is 12.1 Å². The number of pyridine rings is 1. The minimum absolute atomic E-state index is 0.110. The summed E-state index contributed by atoms with van der Waals surface area (Å²) in [5, 5.41) is 20.0. The Kier molecular flexibility index (Phi) is 12.1. The molecule has 13 heteroatoms. The van der Waals surface area contributed by atoms with Crippen molar-refractivity contribution in [3.8, 4) is 22.5 Å². The van der Waals surface area contributed by atoms with Gasteiger partial charge in [-0.05, 0) is 124 Å². The van der Waals surface area contributed by atoms with Gasteiger partial charge >= 0.3 is 6.09 Å². The van der Waals surface area contributed by atoms with E-state index in [0.717, 1.165) is 79.9 Å². The Balaban J connectivity index is 1.10. The summed E-state index contributed by atoms with van der Waals surface area (Å²) in [6, 6.07) is 19.7. The van der Waals surface area contributed by atoms with Gasteiger partial charge in [0, 0.05) is 68.4 Å². The number of H-pyrrole nitrogens is 1. The predicted octanol–water partition coefficient (Wildman–Crippen LogP) is 5.77. The van der Waals surface area contributed by atoms with E-state index in [4.69, 9.17) is 4.74 Å². The second-order valence-electron chi connectivity index (χ2n) is 15.4. The number of likely N-dealkylation sites (N-methyl/N-ethyl adjacent to an activating group) is 1.